The molecule has 0 aliphatic rings. The molecule has 0 bridgehead atoms. The minimum absolute atomic E-state index is 0.0694. The Kier molecular flexibility index (Phi) is 3.95. The van der Waals surface area contributed by atoms with Crippen molar-refractivity contribution >= 4 is 11.7 Å². The van der Waals surface area contributed by atoms with Crippen LogP contribution in [-0.4, -0.2) is 23.3 Å². The van der Waals surface area contributed by atoms with E-state index in [0.717, 1.165) is 0 Å². The highest BCUT2D eigenvalue weighted by atomic mass is 16.4. The van der Waals surface area contributed by atoms with Gasteiger partial charge in [-0.1, -0.05) is 0 Å². The van der Waals surface area contributed by atoms with Crippen LogP contribution < -0.4 is 5.32 Å². The predicted octanol–water partition coefficient (Wildman–Crippen LogP) is 0.604. The molecule has 0 aliphatic heterocycles. The third kappa shape index (κ3) is 4.13. The first-order valence-corrected chi connectivity index (χ1v) is 3.32. The Bertz CT molecular complexity index is 197. The van der Waals surface area contributed by atoms with Crippen LogP contribution in [0.25, 0.3) is 0 Å². The van der Waals surface area contributed by atoms with Crippen molar-refractivity contribution in [2.45, 2.75) is 13.8 Å². The van der Waals surface area contributed by atoms with Crippen LogP contribution in [-0.2, 0) is 4.79 Å². The number of likely N-dealkylation sites (N-methyl/N-ethyl adjacent to an activating group) is 1. The Morgan fingerprint density at radius 2 is 2.27 bits per heavy atom. The summed E-state index contributed by atoms with van der Waals surface area (Å²) in [6.45, 7) is 3.88. The van der Waals surface area contributed by atoms with E-state index in [9.17, 15) is 4.79 Å². The molecule has 0 aromatic carbocycles. The van der Waals surface area contributed by atoms with Crippen LogP contribution in [0.1, 0.15) is 13.8 Å². The number of carboxylic acid groups (broad SMARTS) is 1. The van der Waals surface area contributed by atoms with E-state index in [0.29, 0.717) is 6.54 Å². The first-order chi connectivity index (χ1) is 5.07. The minimum atomic E-state index is -1.03. The highest BCUT2D eigenvalue weighted by molar-refractivity contribution is 5.98. The normalized spacial score (nSPS) is 10.9. The molecule has 0 fully saturated rings. The molecule has 4 heteroatoms. The van der Waals surface area contributed by atoms with E-state index in [2.05, 4.69) is 5.32 Å². The lowest BCUT2D eigenvalue weighted by molar-refractivity contribution is -0.133. The second kappa shape index (κ2) is 4.49. The van der Waals surface area contributed by atoms with Crippen molar-refractivity contribution in [3.05, 3.63) is 11.8 Å². The first-order valence-electron chi connectivity index (χ1n) is 3.32. The summed E-state index contributed by atoms with van der Waals surface area (Å²) in [5.41, 5.74) is 0.295. The average molecular weight is 156 g/mol. The summed E-state index contributed by atoms with van der Waals surface area (Å²) in [6.07, 6.45) is 1.28. The van der Waals surface area contributed by atoms with Gasteiger partial charge in [0.2, 0.25) is 0 Å². The van der Waals surface area contributed by atoms with E-state index in [1.807, 2.05) is 0 Å². The van der Waals surface area contributed by atoms with Gasteiger partial charge in [-0.2, -0.15) is 0 Å². The number of carbonyl (C=O) groups is 1. The number of nitrogens with one attached hydrogen (secondary N) is 2. The van der Waals surface area contributed by atoms with Crippen molar-refractivity contribution in [2.75, 3.05) is 6.54 Å². The first kappa shape index (κ1) is 9.68. The molecule has 4 nitrogen and oxygen atoms in total. The van der Waals surface area contributed by atoms with Gasteiger partial charge < -0.3 is 15.8 Å². The van der Waals surface area contributed by atoms with Gasteiger partial charge in [0, 0.05) is 12.3 Å². The Labute approximate surface area is 65.4 Å². The van der Waals surface area contributed by atoms with Crippen molar-refractivity contribution in [2.24, 2.45) is 0 Å². The summed E-state index contributed by atoms with van der Waals surface area (Å²) in [5.74, 6) is -1.03. The molecule has 3 N–H and O–H groups in total. The lowest BCUT2D eigenvalue weighted by atomic mass is 10.3. The van der Waals surface area contributed by atoms with Gasteiger partial charge in [-0.05, 0) is 19.9 Å². The van der Waals surface area contributed by atoms with Gasteiger partial charge in [-0.3, -0.25) is 0 Å². The number of rotatable bonds is 4. The molecule has 0 saturated carbocycles. The van der Waals surface area contributed by atoms with Crippen LogP contribution in [0.4, 0.5) is 0 Å². The quantitative estimate of drug-likeness (QED) is 0.412. The van der Waals surface area contributed by atoms with Gasteiger partial charge in [-0.15, -0.1) is 0 Å². The Morgan fingerprint density at radius 3 is 2.55 bits per heavy atom. The van der Waals surface area contributed by atoms with Gasteiger partial charge in [-0.25, -0.2) is 4.79 Å². The SMILES string of the molecule is CCN/C(=C\C(C)=N)C(=O)O. The zero-order chi connectivity index (χ0) is 8.85. The number of aliphatic carboxylic acids is 1. The van der Waals surface area contributed by atoms with E-state index in [1.165, 1.54) is 13.0 Å². The van der Waals surface area contributed by atoms with Crippen molar-refractivity contribution in [1.29, 1.82) is 5.41 Å². The maximum absolute atomic E-state index is 10.4. The fourth-order valence-corrected chi connectivity index (χ4v) is 0.595. The molecule has 0 spiro atoms. The molecule has 0 atom stereocenters. The summed E-state index contributed by atoms with van der Waals surface area (Å²) in [4.78, 5) is 10.4. The van der Waals surface area contributed by atoms with Crippen LogP contribution in [0.2, 0.25) is 0 Å². The summed E-state index contributed by atoms with van der Waals surface area (Å²) in [6, 6.07) is 0. The van der Waals surface area contributed by atoms with Crippen molar-refractivity contribution < 1.29 is 9.90 Å². The zero-order valence-electron chi connectivity index (χ0n) is 6.64. The molecule has 0 radical (unpaired) electrons. The predicted molar refractivity (Wildman–Crippen MR) is 42.8 cm³/mol. The van der Waals surface area contributed by atoms with Crippen LogP contribution in [0.15, 0.2) is 11.8 Å². The minimum Gasteiger partial charge on any atom is -0.477 e. The molecule has 0 saturated heterocycles. The molecule has 0 unspecified atom stereocenters. The average Bonchev–Trinajstić information content (AvgIpc) is 1.86. The highest BCUT2D eigenvalue weighted by Crippen LogP contribution is 1.89. The van der Waals surface area contributed by atoms with E-state index < -0.39 is 5.97 Å². The van der Waals surface area contributed by atoms with Gasteiger partial charge >= 0.3 is 5.97 Å². The summed E-state index contributed by atoms with van der Waals surface area (Å²) in [7, 11) is 0. The second-order valence-electron chi connectivity index (χ2n) is 2.08. The largest absolute Gasteiger partial charge is 0.477 e. The number of hydrogen-bond donors (Lipinski definition) is 3. The van der Waals surface area contributed by atoms with E-state index >= 15 is 0 Å². The van der Waals surface area contributed by atoms with E-state index in [1.54, 1.807) is 6.92 Å². The smallest absolute Gasteiger partial charge is 0.352 e. The molecule has 0 amide bonds. The second-order valence-corrected chi connectivity index (χ2v) is 2.08. The Morgan fingerprint density at radius 1 is 1.73 bits per heavy atom. The van der Waals surface area contributed by atoms with Crippen molar-refractivity contribution in [3.63, 3.8) is 0 Å². The topological polar surface area (TPSA) is 73.2 Å². The molecule has 0 aromatic heterocycles. The Balaban J connectivity index is 4.32. The van der Waals surface area contributed by atoms with E-state index in [-0.39, 0.29) is 11.4 Å². The monoisotopic (exact) mass is 156 g/mol. The van der Waals surface area contributed by atoms with Crippen LogP contribution in [0, 0.1) is 5.41 Å². The van der Waals surface area contributed by atoms with Crippen LogP contribution in [0.3, 0.4) is 0 Å². The molecule has 0 heterocycles. The fourth-order valence-electron chi connectivity index (χ4n) is 0.595. The van der Waals surface area contributed by atoms with Crippen LogP contribution in [0.5, 0.6) is 0 Å². The third-order valence-corrected chi connectivity index (χ3v) is 0.958. The fraction of sp³-hybridized carbons (Fsp3) is 0.429. The molecule has 11 heavy (non-hydrogen) atoms. The Hall–Kier alpha value is -1.32. The number of allylic oxidation sites excluding steroid dienone is 1. The van der Waals surface area contributed by atoms with Gasteiger partial charge in [0.1, 0.15) is 5.70 Å². The standard InChI is InChI=1S/C7H12N2O2/c1-3-9-6(7(10)11)4-5(2)8/h4,8-9H,3H2,1-2H3,(H,10,11)/b6-4-,8-5?. The summed E-state index contributed by atoms with van der Waals surface area (Å²) >= 11 is 0. The molecular formula is C7H12N2O2. The molecule has 0 aromatic rings. The maximum atomic E-state index is 10.4. The summed E-state index contributed by atoms with van der Waals surface area (Å²) in [5, 5.41) is 18.2. The molecule has 0 rings (SSSR count). The van der Waals surface area contributed by atoms with Crippen molar-refractivity contribution in [1.82, 2.24) is 5.32 Å². The highest BCUT2D eigenvalue weighted by Gasteiger charge is 2.03. The molecular weight excluding hydrogens is 144 g/mol. The van der Waals surface area contributed by atoms with Crippen molar-refractivity contribution in [3.8, 4) is 0 Å². The van der Waals surface area contributed by atoms with Gasteiger partial charge in [0.25, 0.3) is 0 Å². The lowest BCUT2D eigenvalue weighted by Gasteiger charge is -2.01. The summed E-state index contributed by atoms with van der Waals surface area (Å²) < 4.78 is 0. The van der Waals surface area contributed by atoms with Crippen LogP contribution >= 0.6 is 0 Å². The maximum Gasteiger partial charge on any atom is 0.352 e. The van der Waals surface area contributed by atoms with Gasteiger partial charge in [0.15, 0.2) is 0 Å². The molecule has 0 aliphatic carbocycles. The third-order valence-electron chi connectivity index (χ3n) is 0.958. The molecule has 62 valence electrons. The zero-order valence-corrected chi connectivity index (χ0v) is 6.64. The lowest BCUT2D eigenvalue weighted by Crippen LogP contribution is -2.20. The van der Waals surface area contributed by atoms with Gasteiger partial charge in [0.05, 0.1) is 0 Å². The number of hydrogen-bond acceptors (Lipinski definition) is 3. The van der Waals surface area contributed by atoms with E-state index in [4.69, 9.17) is 10.5 Å². The number of carboxylic acids is 1.